The van der Waals surface area contributed by atoms with Crippen molar-refractivity contribution >= 4 is 35.6 Å². The number of halogens is 1. The van der Waals surface area contributed by atoms with Gasteiger partial charge in [-0.3, -0.25) is 4.40 Å². The van der Waals surface area contributed by atoms with Gasteiger partial charge in [0.1, 0.15) is 6.54 Å². The number of piperidine rings is 1. The Morgan fingerprint density at radius 2 is 2.14 bits per heavy atom. The molecule has 2 aromatic rings. The molecule has 3 heterocycles. The molecule has 3 rings (SSSR count). The predicted molar refractivity (Wildman–Crippen MR) is 125 cm³/mol. The number of nitrogens with zero attached hydrogens (tertiary/aromatic N) is 5. The average Bonchev–Trinajstić information content (AvgIpc) is 3.07. The van der Waals surface area contributed by atoms with Crippen LogP contribution in [-0.4, -0.2) is 58.2 Å². The van der Waals surface area contributed by atoms with Crippen molar-refractivity contribution in [1.29, 1.82) is 0 Å². The molecule has 0 aliphatic carbocycles. The van der Waals surface area contributed by atoms with E-state index < -0.39 is 0 Å². The number of hydrogen-bond acceptors (Lipinski definition) is 4. The van der Waals surface area contributed by atoms with Gasteiger partial charge in [-0.05, 0) is 50.3 Å². The summed E-state index contributed by atoms with van der Waals surface area (Å²) < 4.78 is 1.98. The summed E-state index contributed by atoms with van der Waals surface area (Å²) in [6, 6.07) is 5.91. The Hall–Kier alpha value is -1.42. The van der Waals surface area contributed by atoms with Crippen LogP contribution in [0.4, 0.5) is 0 Å². The highest BCUT2D eigenvalue weighted by molar-refractivity contribution is 14.0. The molecule has 1 aliphatic heterocycles. The van der Waals surface area contributed by atoms with Gasteiger partial charge in [-0.1, -0.05) is 19.9 Å². The van der Waals surface area contributed by atoms with Crippen LogP contribution in [0.5, 0.6) is 0 Å². The molecule has 8 heteroatoms. The molecule has 0 bridgehead atoms. The van der Waals surface area contributed by atoms with Gasteiger partial charge >= 0.3 is 0 Å². The number of rotatable bonds is 7. The Bertz CT molecular complexity index is 743. The Morgan fingerprint density at radius 3 is 2.93 bits per heavy atom. The summed E-state index contributed by atoms with van der Waals surface area (Å²) in [5, 5.41) is 15.3. The van der Waals surface area contributed by atoms with E-state index in [-0.39, 0.29) is 24.0 Å². The molecular formula is C20H34IN7. The van der Waals surface area contributed by atoms with E-state index in [0.29, 0.717) is 12.5 Å². The molecule has 0 aromatic carbocycles. The van der Waals surface area contributed by atoms with Gasteiger partial charge in [0.15, 0.2) is 17.4 Å². The van der Waals surface area contributed by atoms with Gasteiger partial charge in [0.2, 0.25) is 0 Å². The molecule has 0 amide bonds. The van der Waals surface area contributed by atoms with E-state index in [0.717, 1.165) is 36.4 Å². The molecule has 28 heavy (non-hydrogen) atoms. The number of pyridine rings is 1. The summed E-state index contributed by atoms with van der Waals surface area (Å²) >= 11 is 0. The van der Waals surface area contributed by atoms with E-state index in [2.05, 4.69) is 46.5 Å². The molecular weight excluding hydrogens is 465 g/mol. The lowest BCUT2D eigenvalue weighted by Crippen LogP contribution is -2.45. The van der Waals surface area contributed by atoms with Gasteiger partial charge in [0.25, 0.3) is 0 Å². The van der Waals surface area contributed by atoms with Gasteiger partial charge in [-0.15, -0.1) is 34.2 Å². The van der Waals surface area contributed by atoms with Crippen molar-refractivity contribution in [2.24, 2.45) is 16.8 Å². The largest absolute Gasteiger partial charge is 0.357 e. The maximum atomic E-state index is 4.72. The summed E-state index contributed by atoms with van der Waals surface area (Å²) in [4.78, 5) is 7.32. The summed E-state index contributed by atoms with van der Waals surface area (Å²) in [6.07, 6.45) is 4.56. The molecule has 2 aromatic heterocycles. The van der Waals surface area contributed by atoms with Crippen LogP contribution in [0.25, 0.3) is 5.65 Å². The van der Waals surface area contributed by atoms with Crippen LogP contribution in [0.2, 0.25) is 0 Å². The fourth-order valence-corrected chi connectivity index (χ4v) is 3.73. The van der Waals surface area contributed by atoms with Crippen molar-refractivity contribution in [2.75, 3.05) is 32.7 Å². The molecule has 1 atom stereocenters. The normalized spacial score (nSPS) is 18.3. The molecule has 1 aliphatic rings. The van der Waals surface area contributed by atoms with Crippen LogP contribution in [0, 0.1) is 11.8 Å². The SMILES string of the molecule is CCNC(=NCc1nnc2ccccn12)NCC1CCCN(CC(C)C)C1.I. The minimum atomic E-state index is 0. The summed E-state index contributed by atoms with van der Waals surface area (Å²) in [6.45, 7) is 12.6. The van der Waals surface area contributed by atoms with Crippen LogP contribution in [-0.2, 0) is 6.54 Å². The van der Waals surface area contributed by atoms with E-state index in [1.165, 1.54) is 32.5 Å². The number of hydrogen-bond donors (Lipinski definition) is 2. The smallest absolute Gasteiger partial charge is 0.191 e. The number of likely N-dealkylation sites (tertiary alicyclic amines) is 1. The van der Waals surface area contributed by atoms with Crippen molar-refractivity contribution in [3.8, 4) is 0 Å². The fraction of sp³-hybridized carbons (Fsp3) is 0.650. The first-order valence-electron chi connectivity index (χ1n) is 10.2. The average molecular weight is 499 g/mol. The lowest BCUT2D eigenvalue weighted by Gasteiger charge is -2.34. The summed E-state index contributed by atoms with van der Waals surface area (Å²) in [5.41, 5.74) is 0.855. The number of fused-ring (bicyclic) bond motifs is 1. The number of aliphatic imine (C=N–C) groups is 1. The van der Waals surface area contributed by atoms with E-state index in [1.54, 1.807) is 0 Å². The van der Waals surface area contributed by atoms with Crippen molar-refractivity contribution in [2.45, 2.75) is 40.2 Å². The highest BCUT2D eigenvalue weighted by Crippen LogP contribution is 2.16. The third-order valence-electron chi connectivity index (χ3n) is 4.89. The van der Waals surface area contributed by atoms with E-state index in [9.17, 15) is 0 Å². The second-order valence-corrected chi connectivity index (χ2v) is 7.78. The lowest BCUT2D eigenvalue weighted by molar-refractivity contribution is 0.159. The number of aromatic nitrogens is 3. The first kappa shape index (κ1) is 22.9. The Balaban J connectivity index is 0.00000280. The lowest BCUT2D eigenvalue weighted by atomic mass is 9.97. The molecule has 7 nitrogen and oxygen atoms in total. The highest BCUT2D eigenvalue weighted by atomic mass is 127. The Kier molecular flexibility index (Phi) is 9.43. The molecule has 0 spiro atoms. The standard InChI is InChI=1S/C20H33N7.HI/c1-4-21-20(22-12-17-8-7-10-26(15-17)14-16(2)3)23-13-19-25-24-18-9-5-6-11-27(18)19;/h5-6,9,11,16-17H,4,7-8,10,12-15H2,1-3H3,(H2,21,22,23);1H. The summed E-state index contributed by atoms with van der Waals surface area (Å²) in [5.74, 6) is 3.11. The van der Waals surface area contributed by atoms with E-state index in [4.69, 9.17) is 4.99 Å². The summed E-state index contributed by atoms with van der Waals surface area (Å²) in [7, 11) is 0. The number of nitrogens with one attached hydrogen (secondary N) is 2. The van der Waals surface area contributed by atoms with Gasteiger partial charge in [0, 0.05) is 32.4 Å². The van der Waals surface area contributed by atoms with Gasteiger partial charge in [-0.2, -0.15) is 0 Å². The molecule has 0 radical (unpaired) electrons. The van der Waals surface area contributed by atoms with E-state index in [1.807, 2.05) is 28.8 Å². The van der Waals surface area contributed by atoms with Gasteiger partial charge < -0.3 is 15.5 Å². The van der Waals surface area contributed by atoms with Gasteiger partial charge in [-0.25, -0.2) is 4.99 Å². The first-order chi connectivity index (χ1) is 13.2. The first-order valence-corrected chi connectivity index (χ1v) is 10.2. The zero-order chi connectivity index (χ0) is 19.1. The maximum absolute atomic E-state index is 4.72. The second-order valence-electron chi connectivity index (χ2n) is 7.78. The van der Waals surface area contributed by atoms with Crippen LogP contribution in [0.15, 0.2) is 29.4 Å². The molecule has 1 unspecified atom stereocenters. The van der Waals surface area contributed by atoms with Crippen molar-refractivity contribution in [3.63, 3.8) is 0 Å². The third kappa shape index (κ3) is 6.58. The second kappa shape index (κ2) is 11.5. The van der Waals surface area contributed by atoms with Crippen LogP contribution >= 0.6 is 24.0 Å². The third-order valence-corrected chi connectivity index (χ3v) is 4.89. The van der Waals surface area contributed by atoms with E-state index >= 15 is 0 Å². The van der Waals surface area contributed by atoms with Crippen molar-refractivity contribution in [1.82, 2.24) is 30.1 Å². The Labute approximate surface area is 185 Å². The topological polar surface area (TPSA) is 69.8 Å². The van der Waals surface area contributed by atoms with Gasteiger partial charge in [0.05, 0.1) is 0 Å². The molecule has 0 saturated carbocycles. The predicted octanol–water partition coefficient (Wildman–Crippen LogP) is 2.77. The van der Waals surface area contributed by atoms with Crippen molar-refractivity contribution < 1.29 is 0 Å². The molecule has 2 N–H and O–H groups in total. The quantitative estimate of drug-likeness (QED) is 0.349. The zero-order valence-corrected chi connectivity index (χ0v) is 19.6. The fourth-order valence-electron chi connectivity index (χ4n) is 3.73. The zero-order valence-electron chi connectivity index (χ0n) is 17.3. The maximum Gasteiger partial charge on any atom is 0.191 e. The molecule has 1 saturated heterocycles. The minimum Gasteiger partial charge on any atom is -0.357 e. The minimum absolute atomic E-state index is 0. The number of guanidine groups is 1. The van der Waals surface area contributed by atoms with Crippen LogP contribution in [0.3, 0.4) is 0 Å². The molecule has 156 valence electrons. The van der Waals surface area contributed by atoms with Crippen LogP contribution in [0.1, 0.15) is 39.4 Å². The van der Waals surface area contributed by atoms with Crippen molar-refractivity contribution in [3.05, 3.63) is 30.2 Å². The highest BCUT2D eigenvalue weighted by Gasteiger charge is 2.20. The molecule has 1 fully saturated rings. The van der Waals surface area contributed by atoms with Crippen LogP contribution < -0.4 is 10.6 Å². The Morgan fingerprint density at radius 1 is 1.29 bits per heavy atom. The monoisotopic (exact) mass is 499 g/mol.